The lowest BCUT2D eigenvalue weighted by atomic mass is 9.79. The summed E-state index contributed by atoms with van der Waals surface area (Å²) in [7, 11) is -3.26. The third-order valence-corrected chi connectivity index (χ3v) is 5.70. The second-order valence-electron chi connectivity index (χ2n) is 6.30. The molecule has 3 rings (SSSR count). The van der Waals surface area contributed by atoms with Crippen LogP contribution in [0.15, 0.2) is 23.3 Å². The van der Waals surface area contributed by atoms with Crippen LogP contribution in [0.5, 0.6) is 0 Å². The molecule has 1 fully saturated rings. The summed E-state index contributed by atoms with van der Waals surface area (Å²) in [6.45, 7) is 4.64. The highest BCUT2D eigenvalue weighted by molar-refractivity contribution is 7.86. The van der Waals surface area contributed by atoms with Gasteiger partial charge < -0.3 is 0 Å². The van der Waals surface area contributed by atoms with E-state index in [-0.39, 0.29) is 11.2 Å². The first kappa shape index (κ1) is 14.7. The molecular weight excluding hydrogens is 288 g/mol. The highest BCUT2D eigenvalue weighted by atomic mass is 32.2. The Bertz CT molecular complexity index is 666. The van der Waals surface area contributed by atoms with Crippen molar-refractivity contribution in [3.63, 3.8) is 0 Å². The Balaban J connectivity index is 1.65. The van der Waals surface area contributed by atoms with Gasteiger partial charge >= 0.3 is 0 Å². The van der Waals surface area contributed by atoms with Gasteiger partial charge in [-0.1, -0.05) is 19.9 Å². The molecule has 21 heavy (non-hydrogen) atoms. The third kappa shape index (κ3) is 2.87. The Morgan fingerprint density at radius 3 is 2.90 bits per heavy atom. The Kier molecular flexibility index (Phi) is 3.61. The summed E-state index contributed by atoms with van der Waals surface area (Å²) in [6.07, 6.45) is 4.21. The lowest BCUT2D eigenvalue weighted by Crippen LogP contribution is -2.29. The largest absolute Gasteiger partial charge is 0.270 e. The van der Waals surface area contributed by atoms with Gasteiger partial charge in [0.2, 0.25) is 0 Å². The maximum absolute atomic E-state index is 11.3. The van der Waals surface area contributed by atoms with Crippen LogP contribution in [0.2, 0.25) is 0 Å². The summed E-state index contributed by atoms with van der Waals surface area (Å²) in [6, 6.07) is 4.02. The molecule has 1 aromatic rings. The van der Waals surface area contributed by atoms with Gasteiger partial charge in [0.25, 0.3) is 10.1 Å². The molecule has 3 heterocycles. The minimum atomic E-state index is -3.26. The molecule has 0 amide bonds. The van der Waals surface area contributed by atoms with Crippen LogP contribution in [0, 0.1) is 5.92 Å². The first-order valence-electron chi connectivity index (χ1n) is 7.29. The van der Waals surface area contributed by atoms with Crippen LogP contribution < -0.4 is 0 Å². The molecule has 0 bridgehead atoms. The van der Waals surface area contributed by atoms with Crippen LogP contribution in [0.1, 0.15) is 38.7 Å². The van der Waals surface area contributed by atoms with Crippen molar-refractivity contribution in [1.82, 2.24) is 4.98 Å². The van der Waals surface area contributed by atoms with Gasteiger partial charge in [-0.25, -0.2) is 9.98 Å². The minimum Gasteiger partial charge on any atom is -0.270 e. The van der Waals surface area contributed by atoms with E-state index in [1.165, 1.54) is 5.56 Å². The van der Waals surface area contributed by atoms with Gasteiger partial charge in [-0.05, 0) is 31.2 Å². The monoisotopic (exact) mass is 308 g/mol. The van der Waals surface area contributed by atoms with Crippen LogP contribution in [0.25, 0.3) is 0 Å². The maximum atomic E-state index is 11.3. The second-order valence-corrected chi connectivity index (χ2v) is 8.06. The highest BCUT2D eigenvalue weighted by Gasteiger charge is 2.35. The third-order valence-electron chi connectivity index (χ3n) is 4.47. The molecule has 0 spiro atoms. The van der Waals surface area contributed by atoms with E-state index < -0.39 is 10.1 Å². The summed E-state index contributed by atoms with van der Waals surface area (Å²) < 4.78 is 27.4. The van der Waals surface area contributed by atoms with Gasteiger partial charge in [0.05, 0.1) is 12.4 Å². The fraction of sp³-hybridized carbons (Fsp3) is 0.600. The van der Waals surface area contributed by atoms with Gasteiger partial charge in [0, 0.05) is 22.9 Å². The van der Waals surface area contributed by atoms with Gasteiger partial charge in [0.1, 0.15) is 0 Å². The van der Waals surface area contributed by atoms with E-state index in [1.807, 2.05) is 6.07 Å². The number of hydrogen-bond acceptors (Lipinski definition) is 5. The standard InChI is InChI=1S/C15H20N2O3S/c1-15(2)12-4-3-8-16-14(12)17-13(15)6-5-11-7-9-21(18,19)20-10-11/h3-4,8,11H,5-7,9-10H2,1-2H3. The molecule has 1 atom stereocenters. The first-order valence-corrected chi connectivity index (χ1v) is 8.87. The number of aromatic nitrogens is 1. The average molecular weight is 308 g/mol. The molecule has 2 aliphatic rings. The Morgan fingerprint density at radius 2 is 2.24 bits per heavy atom. The van der Waals surface area contributed by atoms with Crippen LogP contribution >= 0.6 is 0 Å². The van der Waals surface area contributed by atoms with E-state index >= 15 is 0 Å². The molecule has 1 unspecified atom stereocenters. The minimum absolute atomic E-state index is 0.0921. The van der Waals surface area contributed by atoms with E-state index in [2.05, 4.69) is 29.9 Å². The quantitative estimate of drug-likeness (QED) is 0.805. The van der Waals surface area contributed by atoms with Crippen molar-refractivity contribution in [2.75, 3.05) is 12.4 Å². The van der Waals surface area contributed by atoms with Crippen molar-refractivity contribution in [3.05, 3.63) is 23.9 Å². The molecular formula is C15H20N2O3S. The van der Waals surface area contributed by atoms with Crippen molar-refractivity contribution in [1.29, 1.82) is 0 Å². The molecule has 0 radical (unpaired) electrons. The lowest BCUT2D eigenvalue weighted by Gasteiger charge is -2.25. The fourth-order valence-electron chi connectivity index (χ4n) is 2.99. The summed E-state index contributed by atoms with van der Waals surface area (Å²) in [5.74, 6) is 1.25. The zero-order valence-electron chi connectivity index (χ0n) is 12.4. The molecule has 1 aromatic heterocycles. The van der Waals surface area contributed by atoms with E-state index in [0.29, 0.717) is 18.9 Å². The number of aliphatic imine (C=N–C) groups is 1. The Hall–Kier alpha value is -1.27. The number of pyridine rings is 1. The first-order chi connectivity index (χ1) is 9.88. The number of hydrogen-bond donors (Lipinski definition) is 0. The zero-order valence-corrected chi connectivity index (χ0v) is 13.2. The van der Waals surface area contributed by atoms with E-state index in [4.69, 9.17) is 4.18 Å². The SMILES string of the molecule is CC1(C)C(CCC2CCS(=O)(=O)OC2)=Nc2ncccc21. The highest BCUT2D eigenvalue weighted by Crippen LogP contribution is 2.40. The summed E-state index contributed by atoms with van der Waals surface area (Å²) in [5, 5.41) is 0. The molecule has 0 aromatic carbocycles. The Labute approximate surface area is 125 Å². The maximum Gasteiger partial charge on any atom is 0.267 e. The molecule has 2 aliphatic heterocycles. The molecule has 114 valence electrons. The second kappa shape index (κ2) is 5.18. The van der Waals surface area contributed by atoms with Gasteiger partial charge in [0.15, 0.2) is 5.82 Å². The Morgan fingerprint density at radius 1 is 1.43 bits per heavy atom. The van der Waals surface area contributed by atoms with Crippen LogP contribution in [-0.4, -0.2) is 31.5 Å². The molecule has 0 saturated carbocycles. The van der Waals surface area contributed by atoms with Crippen molar-refractivity contribution in [2.45, 2.75) is 38.5 Å². The summed E-state index contributed by atoms with van der Waals surface area (Å²) >= 11 is 0. The molecule has 0 aliphatic carbocycles. The summed E-state index contributed by atoms with van der Waals surface area (Å²) in [4.78, 5) is 8.99. The normalized spacial score (nSPS) is 26.2. The fourth-order valence-corrected chi connectivity index (χ4v) is 4.13. The molecule has 5 nitrogen and oxygen atoms in total. The number of rotatable bonds is 3. The predicted molar refractivity (Wildman–Crippen MR) is 81.4 cm³/mol. The van der Waals surface area contributed by atoms with Gasteiger partial charge in [-0.15, -0.1) is 0 Å². The van der Waals surface area contributed by atoms with Crippen molar-refractivity contribution >= 4 is 21.6 Å². The average Bonchev–Trinajstić information content (AvgIpc) is 2.70. The molecule has 6 heteroatoms. The van der Waals surface area contributed by atoms with Crippen LogP contribution in [-0.2, 0) is 19.7 Å². The van der Waals surface area contributed by atoms with E-state index in [9.17, 15) is 8.42 Å². The summed E-state index contributed by atoms with van der Waals surface area (Å²) in [5.41, 5.74) is 2.21. The van der Waals surface area contributed by atoms with E-state index in [0.717, 1.165) is 24.4 Å². The smallest absolute Gasteiger partial charge is 0.267 e. The predicted octanol–water partition coefficient (Wildman–Crippen LogP) is 2.59. The topological polar surface area (TPSA) is 68.6 Å². The van der Waals surface area contributed by atoms with Crippen LogP contribution in [0.3, 0.4) is 0 Å². The van der Waals surface area contributed by atoms with Crippen molar-refractivity contribution < 1.29 is 12.6 Å². The van der Waals surface area contributed by atoms with E-state index in [1.54, 1.807) is 6.20 Å². The molecule has 1 saturated heterocycles. The van der Waals surface area contributed by atoms with Crippen molar-refractivity contribution in [2.24, 2.45) is 10.9 Å². The lowest BCUT2D eigenvalue weighted by molar-refractivity contribution is 0.221. The molecule has 0 N–H and O–H groups in total. The number of nitrogens with zero attached hydrogens (tertiary/aromatic N) is 2. The van der Waals surface area contributed by atoms with Gasteiger partial charge in [-0.3, -0.25) is 4.18 Å². The number of fused-ring (bicyclic) bond motifs is 1. The van der Waals surface area contributed by atoms with Gasteiger partial charge in [-0.2, -0.15) is 8.42 Å². The van der Waals surface area contributed by atoms with Crippen LogP contribution in [0.4, 0.5) is 5.82 Å². The van der Waals surface area contributed by atoms with Crippen molar-refractivity contribution in [3.8, 4) is 0 Å². The zero-order chi connectivity index (χ0) is 15.1.